The molecule has 1 unspecified atom stereocenters. The third-order valence-corrected chi connectivity index (χ3v) is 3.50. The number of carbonyl (C=O) groups excluding carboxylic acids is 1. The van der Waals surface area contributed by atoms with E-state index in [2.05, 4.69) is 4.98 Å². The normalized spacial score (nSPS) is 13.5. The number of hydrogen-bond acceptors (Lipinski definition) is 5. The van der Waals surface area contributed by atoms with Crippen LogP contribution in [-0.4, -0.2) is 22.6 Å². The highest BCUT2D eigenvalue weighted by Gasteiger charge is 2.23. The van der Waals surface area contributed by atoms with E-state index in [-0.39, 0.29) is 5.97 Å². The fourth-order valence-electron chi connectivity index (χ4n) is 1.66. The first kappa shape index (κ1) is 14.0. The molecule has 102 valence electrons. The molecule has 1 atom stereocenters. The Hall–Kier alpha value is -1.46. The van der Waals surface area contributed by atoms with Crippen molar-refractivity contribution in [1.29, 1.82) is 0 Å². The zero-order valence-corrected chi connectivity index (χ0v) is 12.2. The Morgan fingerprint density at radius 3 is 2.74 bits per heavy atom. The van der Waals surface area contributed by atoms with Gasteiger partial charge in [-0.25, -0.2) is 4.98 Å². The van der Waals surface area contributed by atoms with Crippen molar-refractivity contribution in [3.8, 4) is 0 Å². The molecule has 0 aliphatic rings. The Kier molecular flexibility index (Phi) is 3.87. The first-order valence-electron chi connectivity index (χ1n) is 6.18. The number of aromatic nitrogens is 1. The molecule has 1 aromatic carbocycles. The minimum absolute atomic E-state index is 0.383. The molecule has 0 fully saturated rings. The summed E-state index contributed by atoms with van der Waals surface area (Å²) in [4.78, 5) is 16.3. The molecule has 1 heterocycles. The number of ether oxygens (including phenoxy) is 1. The van der Waals surface area contributed by atoms with E-state index in [9.17, 15) is 4.79 Å². The summed E-state index contributed by atoms with van der Waals surface area (Å²) in [6.45, 7) is 5.49. The maximum absolute atomic E-state index is 11.8. The molecule has 0 saturated heterocycles. The molecule has 0 amide bonds. The third-order valence-electron chi connectivity index (χ3n) is 2.44. The number of benzene rings is 1. The molecule has 2 rings (SSSR count). The predicted octanol–water partition coefficient (Wildman–Crippen LogP) is 2.51. The number of thiazole rings is 1. The summed E-state index contributed by atoms with van der Waals surface area (Å²) in [5, 5.41) is 0.861. The van der Waals surface area contributed by atoms with Crippen LogP contribution in [0.2, 0.25) is 0 Å². The van der Waals surface area contributed by atoms with Crippen molar-refractivity contribution in [1.82, 2.24) is 4.98 Å². The molecule has 5 heteroatoms. The second kappa shape index (κ2) is 5.27. The van der Waals surface area contributed by atoms with E-state index >= 15 is 0 Å². The lowest BCUT2D eigenvalue weighted by atomic mass is 10.1. The Morgan fingerprint density at radius 1 is 1.42 bits per heavy atom. The molecule has 0 radical (unpaired) electrons. The van der Waals surface area contributed by atoms with Crippen molar-refractivity contribution in [3.63, 3.8) is 0 Å². The monoisotopic (exact) mass is 278 g/mol. The quantitative estimate of drug-likeness (QED) is 0.876. The number of para-hydroxylation sites is 1. The lowest BCUT2D eigenvalue weighted by molar-refractivity contribution is -0.156. The highest BCUT2D eigenvalue weighted by molar-refractivity contribution is 7.18. The van der Waals surface area contributed by atoms with Crippen LogP contribution in [-0.2, 0) is 16.0 Å². The Balaban J connectivity index is 2.06. The molecule has 0 saturated carbocycles. The third kappa shape index (κ3) is 3.75. The SMILES string of the molecule is CC(C)(C)OC(=O)C(N)Cc1nc2ccccc2s1. The van der Waals surface area contributed by atoms with Gasteiger partial charge in [0, 0.05) is 6.42 Å². The van der Waals surface area contributed by atoms with E-state index in [0.717, 1.165) is 15.2 Å². The molecule has 0 spiro atoms. The summed E-state index contributed by atoms with van der Waals surface area (Å²) in [5.74, 6) is -0.383. The van der Waals surface area contributed by atoms with E-state index in [0.29, 0.717) is 6.42 Å². The molecule has 1 aromatic heterocycles. The average Bonchev–Trinajstić information content (AvgIpc) is 2.68. The molecule has 2 N–H and O–H groups in total. The van der Waals surface area contributed by atoms with Crippen LogP contribution >= 0.6 is 11.3 Å². The zero-order chi connectivity index (χ0) is 14.0. The molecular weight excluding hydrogens is 260 g/mol. The van der Waals surface area contributed by atoms with Crippen LogP contribution < -0.4 is 5.73 Å². The van der Waals surface area contributed by atoms with Gasteiger partial charge in [0.15, 0.2) is 0 Å². The van der Waals surface area contributed by atoms with Crippen molar-refractivity contribution in [2.75, 3.05) is 0 Å². The van der Waals surface area contributed by atoms with Crippen molar-refractivity contribution < 1.29 is 9.53 Å². The van der Waals surface area contributed by atoms with Gasteiger partial charge in [0.1, 0.15) is 11.6 Å². The number of carbonyl (C=O) groups is 1. The first-order valence-corrected chi connectivity index (χ1v) is 7.00. The largest absolute Gasteiger partial charge is 0.459 e. The Labute approximate surface area is 116 Å². The lowest BCUT2D eigenvalue weighted by Gasteiger charge is -2.21. The van der Waals surface area contributed by atoms with Crippen molar-refractivity contribution in [2.24, 2.45) is 5.73 Å². The predicted molar refractivity (Wildman–Crippen MR) is 77.1 cm³/mol. The summed E-state index contributed by atoms with van der Waals surface area (Å²) < 4.78 is 6.36. The van der Waals surface area contributed by atoms with Crippen LogP contribution in [0.25, 0.3) is 10.2 Å². The fourth-order valence-corrected chi connectivity index (χ4v) is 2.68. The van der Waals surface area contributed by atoms with Gasteiger partial charge in [0.2, 0.25) is 0 Å². The molecule has 0 aliphatic heterocycles. The highest BCUT2D eigenvalue weighted by atomic mass is 32.1. The fraction of sp³-hybridized carbons (Fsp3) is 0.429. The topological polar surface area (TPSA) is 65.2 Å². The van der Waals surface area contributed by atoms with E-state index in [4.69, 9.17) is 10.5 Å². The number of rotatable bonds is 3. The van der Waals surface area contributed by atoms with E-state index in [1.807, 2.05) is 45.0 Å². The maximum atomic E-state index is 11.8. The number of fused-ring (bicyclic) bond motifs is 1. The van der Waals surface area contributed by atoms with Gasteiger partial charge < -0.3 is 10.5 Å². The van der Waals surface area contributed by atoms with Crippen LogP contribution in [0, 0.1) is 0 Å². The second-order valence-electron chi connectivity index (χ2n) is 5.42. The molecule has 0 aliphatic carbocycles. The number of nitrogens with two attached hydrogens (primary N) is 1. The molecule has 4 nitrogen and oxygen atoms in total. The molecular formula is C14H18N2O2S. The van der Waals surface area contributed by atoms with Crippen LogP contribution in [0.4, 0.5) is 0 Å². The van der Waals surface area contributed by atoms with Gasteiger partial charge in [-0.2, -0.15) is 0 Å². The minimum Gasteiger partial charge on any atom is -0.459 e. The van der Waals surface area contributed by atoms with Crippen LogP contribution in [0.3, 0.4) is 0 Å². The summed E-state index contributed by atoms with van der Waals surface area (Å²) in [6.07, 6.45) is 0.411. The van der Waals surface area contributed by atoms with Crippen molar-refractivity contribution in [2.45, 2.75) is 38.8 Å². The number of esters is 1. The lowest BCUT2D eigenvalue weighted by Crippen LogP contribution is -2.38. The van der Waals surface area contributed by atoms with E-state index < -0.39 is 11.6 Å². The van der Waals surface area contributed by atoms with Crippen molar-refractivity contribution >= 4 is 27.5 Å². The zero-order valence-electron chi connectivity index (χ0n) is 11.3. The standard InChI is InChI=1S/C14H18N2O2S/c1-14(2,3)18-13(17)9(15)8-12-16-10-6-4-5-7-11(10)19-12/h4-7,9H,8,15H2,1-3H3. The summed E-state index contributed by atoms with van der Waals surface area (Å²) >= 11 is 1.56. The summed E-state index contributed by atoms with van der Waals surface area (Å²) in [6, 6.07) is 7.21. The van der Waals surface area contributed by atoms with Crippen LogP contribution in [0.1, 0.15) is 25.8 Å². The maximum Gasteiger partial charge on any atom is 0.323 e. The van der Waals surface area contributed by atoms with E-state index in [1.165, 1.54) is 0 Å². The van der Waals surface area contributed by atoms with Gasteiger partial charge in [-0.1, -0.05) is 12.1 Å². The van der Waals surface area contributed by atoms with Gasteiger partial charge >= 0.3 is 5.97 Å². The Morgan fingerprint density at radius 2 is 2.11 bits per heavy atom. The summed E-state index contributed by atoms with van der Waals surface area (Å²) in [7, 11) is 0. The molecule has 19 heavy (non-hydrogen) atoms. The Bertz CT molecular complexity index is 553. The minimum atomic E-state index is -0.667. The number of hydrogen-bond donors (Lipinski definition) is 1. The van der Waals surface area contributed by atoms with Gasteiger partial charge in [-0.05, 0) is 32.9 Å². The first-order chi connectivity index (χ1) is 8.85. The van der Waals surface area contributed by atoms with E-state index in [1.54, 1.807) is 11.3 Å². The molecule has 2 aromatic rings. The van der Waals surface area contributed by atoms with Crippen molar-refractivity contribution in [3.05, 3.63) is 29.3 Å². The van der Waals surface area contributed by atoms with Gasteiger partial charge in [-0.3, -0.25) is 4.79 Å². The number of nitrogens with zero attached hydrogens (tertiary/aromatic N) is 1. The smallest absolute Gasteiger partial charge is 0.323 e. The summed E-state index contributed by atoms with van der Waals surface area (Å²) in [5.41, 5.74) is 6.30. The van der Waals surface area contributed by atoms with Crippen LogP contribution in [0.5, 0.6) is 0 Å². The van der Waals surface area contributed by atoms with Gasteiger partial charge in [0.25, 0.3) is 0 Å². The molecule has 0 bridgehead atoms. The van der Waals surface area contributed by atoms with Crippen LogP contribution in [0.15, 0.2) is 24.3 Å². The second-order valence-corrected chi connectivity index (χ2v) is 6.53. The highest BCUT2D eigenvalue weighted by Crippen LogP contribution is 2.22. The average molecular weight is 278 g/mol. The van der Waals surface area contributed by atoms with Gasteiger partial charge in [-0.15, -0.1) is 11.3 Å². The van der Waals surface area contributed by atoms with Gasteiger partial charge in [0.05, 0.1) is 15.2 Å².